The maximum atomic E-state index is 12.9. The lowest BCUT2D eigenvalue weighted by molar-refractivity contribution is -0.140. The van der Waals surface area contributed by atoms with Gasteiger partial charge in [0.15, 0.2) is 6.10 Å². The van der Waals surface area contributed by atoms with E-state index in [1.165, 1.54) is 4.90 Å². The van der Waals surface area contributed by atoms with Gasteiger partial charge in [0.1, 0.15) is 18.5 Å². The van der Waals surface area contributed by atoms with Gasteiger partial charge in [0.05, 0.1) is 6.54 Å². The third-order valence-corrected chi connectivity index (χ3v) is 5.79. The fraction of sp³-hybridized carbons (Fsp3) is 0.333. The van der Waals surface area contributed by atoms with Gasteiger partial charge in [-0.3, -0.25) is 15.1 Å². The Labute approximate surface area is 196 Å². The van der Waals surface area contributed by atoms with Crippen molar-refractivity contribution in [3.8, 4) is 0 Å². The number of nitrogen functional groups attached to an aromatic ring is 1. The molecule has 2 aliphatic rings. The standard InChI is InChI=1S/C24H26N4O6/c25-21(26)17-6-8-18(9-7-17)28-14-20(34-23(28)30)22(29)27-12-10-19(11-13-27)33-24(31)32-15-16-4-2-1-3-5-16/h1-9,19-20H,10-15H2,(H3,25,26). The predicted molar refractivity (Wildman–Crippen MR) is 122 cm³/mol. The minimum atomic E-state index is -0.909. The molecule has 4 rings (SSSR count). The van der Waals surface area contributed by atoms with Crippen LogP contribution in [0.1, 0.15) is 24.0 Å². The first-order chi connectivity index (χ1) is 16.4. The van der Waals surface area contributed by atoms with Crippen molar-refractivity contribution >= 4 is 29.7 Å². The van der Waals surface area contributed by atoms with Gasteiger partial charge < -0.3 is 24.8 Å². The van der Waals surface area contributed by atoms with Crippen LogP contribution in [-0.2, 0) is 25.6 Å². The zero-order valence-electron chi connectivity index (χ0n) is 18.5. The van der Waals surface area contributed by atoms with Crippen molar-refractivity contribution in [1.82, 2.24) is 4.90 Å². The molecule has 3 N–H and O–H groups in total. The monoisotopic (exact) mass is 466 g/mol. The van der Waals surface area contributed by atoms with Crippen molar-refractivity contribution in [2.45, 2.75) is 31.7 Å². The van der Waals surface area contributed by atoms with Crippen molar-refractivity contribution < 1.29 is 28.6 Å². The highest BCUT2D eigenvalue weighted by Gasteiger charge is 2.40. The Hall–Kier alpha value is -4.08. The maximum absolute atomic E-state index is 12.9. The quantitative estimate of drug-likeness (QED) is 0.379. The van der Waals surface area contributed by atoms with Gasteiger partial charge in [-0.2, -0.15) is 0 Å². The molecule has 2 amide bonds. The average Bonchev–Trinajstić information content (AvgIpc) is 3.25. The Morgan fingerprint density at radius 3 is 2.38 bits per heavy atom. The van der Waals surface area contributed by atoms with Gasteiger partial charge in [0.2, 0.25) is 0 Å². The number of nitrogens with one attached hydrogen (secondary N) is 1. The summed E-state index contributed by atoms with van der Waals surface area (Å²) in [5.74, 6) is -0.346. The van der Waals surface area contributed by atoms with E-state index in [4.69, 9.17) is 25.4 Å². The number of amides is 2. The number of anilines is 1. The molecule has 0 aliphatic carbocycles. The fourth-order valence-electron chi connectivity index (χ4n) is 3.91. The van der Waals surface area contributed by atoms with Crippen LogP contribution in [0.25, 0.3) is 0 Å². The number of nitrogens with two attached hydrogens (primary N) is 1. The molecule has 2 saturated heterocycles. The summed E-state index contributed by atoms with van der Waals surface area (Å²) in [6, 6.07) is 15.9. The number of benzene rings is 2. The van der Waals surface area contributed by atoms with Crippen molar-refractivity contribution in [3.05, 3.63) is 65.7 Å². The number of rotatable bonds is 6. The number of ether oxygens (including phenoxy) is 3. The van der Waals surface area contributed by atoms with Crippen molar-refractivity contribution in [2.75, 3.05) is 24.5 Å². The van der Waals surface area contributed by atoms with Crippen molar-refractivity contribution in [3.63, 3.8) is 0 Å². The molecule has 2 fully saturated rings. The number of piperidine rings is 1. The maximum Gasteiger partial charge on any atom is 0.508 e. The van der Waals surface area contributed by atoms with Gasteiger partial charge in [-0.1, -0.05) is 30.3 Å². The molecule has 0 saturated carbocycles. The van der Waals surface area contributed by atoms with Crippen LogP contribution in [0.3, 0.4) is 0 Å². The first-order valence-corrected chi connectivity index (χ1v) is 11.0. The second-order valence-corrected chi connectivity index (χ2v) is 8.11. The van der Waals surface area contributed by atoms with E-state index < -0.39 is 18.4 Å². The molecule has 1 atom stereocenters. The van der Waals surface area contributed by atoms with Gasteiger partial charge in [-0.25, -0.2) is 9.59 Å². The molecule has 10 nitrogen and oxygen atoms in total. The molecule has 0 spiro atoms. The van der Waals surface area contributed by atoms with Crippen molar-refractivity contribution in [1.29, 1.82) is 5.41 Å². The van der Waals surface area contributed by atoms with Gasteiger partial charge in [-0.15, -0.1) is 0 Å². The Kier molecular flexibility index (Phi) is 6.95. The fourth-order valence-corrected chi connectivity index (χ4v) is 3.91. The van der Waals surface area contributed by atoms with Gasteiger partial charge in [0.25, 0.3) is 5.91 Å². The van der Waals surface area contributed by atoms with Crippen LogP contribution in [0.2, 0.25) is 0 Å². The van der Waals surface area contributed by atoms with E-state index in [1.54, 1.807) is 29.2 Å². The second kappa shape index (κ2) is 10.2. The van der Waals surface area contributed by atoms with E-state index in [0.717, 1.165) is 5.56 Å². The lowest BCUT2D eigenvalue weighted by atomic mass is 10.1. The molecule has 0 aromatic heterocycles. The third-order valence-electron chi connectivity index (χ3n) is 5.79. The average molecular weight is 466 g/mol. The van der Waals surface area contributed by atoms with E-state index in [9.17, 15) is 14.4 Å². The molecule has 178 valence electrons. The smallest absolute Gasteiger partial charge is 0.434 e. The van der Waals surface area contributed by atoms with Crippen LogP contribution < -0.4 is 10.6 Å². The highest BCUT2D eigenvalue weighted by molar-refractivity contribution is 5.97. The zero-order valence-corrected chi connectivity index (χ0v) is 18.5. The molecular formula is C24H26N4O6. The molecule has 2 heterocycles. The number of nitrogens with zero attached hydrogens (tertiary/aromatic N) is 2. The summed E-state index contributed by atoms with van der Waals surface area (Å²) < 4.78 is 15.8. The summed E-state index contributed by atoms with van der Waals surface area (Å²) in [4.78, 5) is 40.2. The second-order valence-electron chi connectivity index (χ2n) is 8.11. The minimum Gasteiger partial charge on any atom is -0.434 e. The molecule has 2 aromatic carbocycles. The first kappa shape index (κ1) is 23.1. The van der Waals surface area contributed by atoms with E-state index >= 15 is 0 Å². The van der Waals surface area contributed by atoms with Crippen LogP contribution in [0, 0.1) is 5.41 Å². The van der Waals surface area contributed by atoms with E-state index in [1.807, 2.05) is 30.3 Å². The highest BCUT2D eigenvalue weighted by atomic mass is 16.7. The Morgan fingerprint density at radius 1 is 1.06 bits per heavy atom. The molecule has 0 radical (unpaired) electrons. The molecule has 1 unspecified atom stereocenters. The number of hydrogen-bond acceptors (Lipinski definition) is 7. The van der Waals surface area contributed by atoms with Crippen LogP contribution in [0.15, 0.2) is 54.6 Å². The zero-order chi connectivity index (χ0) is 24.1. The molecule has 2 aromatic rings. The van der Waals surface area contributed by atoms with Crippen LogP contribution >= 0.6 is 0 Å². The largest absolute Gasteiger partial charge is 0.508 e. The summed E-state index contributed by atoms with van der Waals surface area (Å²) in [5, 5.41) is 7.45. The number of likely N-dealkylation sites (tertiary alicyclic amines) is 1. The van der Waals surface area contributed by atoms with E-state index in [2.05, 4.69) is 0 Å². The van der Waals surface area contributed by atoms with E-state index in [-0.39, 0.29) is 31.0 Å². The predicted octanol–water partition coefficient (Wildman–Crippen LogP) is 2.64. The van der Waals surface area contributed by atoms with Crippen LogP contribution in [0.5, 0.6) is 0 Å². The summed E-state index contributed by atoms with van der Waals surface area (Å²) in [6.07, 6.45) is -1.63. The number of hydrogen-bond donors (Lipinski definition) is 2. The van der Waals surface area contributed by atoms with E-state index in [0.29, 0.717) is 37.2 Å². The number of carbonyl (C=O) groups excluding carboxylic acids is 3. The Morgan fingerprint density at radius 2 is 1.74 bits per heavy atom. The Bertz CT molecular complexity index is 1050. The van der Waals surface area contributed by atoms with Gasteiger partial charge >= 0.3 is 12.2 Å². The lowest BCUT2D eigenvalue weighted by Gasteiger charge is -2.32. The van der Waals surface area contributed by atoms with Gasteiger partial charge in [-0.05, 0) is 29.8 Å². The first-order valence-electron chi connectivity index (χ1n) is 11.0. The number of carbonyl (C=O) groups is 3. The Balaban J connectivity index is 1.23. The summed E-state index contributed by atoms with van der Waals surface area (Å²) >= 11 is 0. The summed E-state index contributed by atoms with van der Waals surface area (Å²) in [6.45, 7) is 1.00. The summed E-state index contributed by atoms with van der Waals surface area (Å²) in [5.41, 5.74) is 7.43. The topological polar surface area (TPSA) is 135 Å². The molecule has 34 heavy (non-hydrogen) atoms. The highest BCUT2D eigenvalue weighted by Crippen LogP contribution is 2.24. The third kappa shape index (κ3) is 5.45. The molecule has 0 bridgehead atoms. The normalized spacial score (nSPS) is 18.4. The van der Waals surface area contributed by atoms with Crippen LogP contribution in [0.4, 0.5) is 15.3 Å². The lowest BCUT2D eigenvalue weighted by Crippen LogP contribution is -2.46. The van der Waals surface area contributed by atoms with Crippen LogP contribution in [-0.4, -0.2) is 60.7 Å². The van der Waals surface area contributed by atoms with Crippen molar-refractivity contribution in [2.24, 2.45) is 5.73 Å². The van der Waals surface area contributed by atoms with Gasteiger partial charge in [0, 0.05) is 37.2 Å². The number of cyclic esters (lactones) is 1. The minimum absolute atomic E-state index is 0.0690. The summed E-state index contributed by atoms with van der Waals surface area (Å²) in [7, 11) is 0. The SMILES string of the molecule is N=C(N)c1ccc(N2CC(C(=O)N3CCC(OC(=O)OCc4ccccc4)CC3)OC2=O)cc1. The molecule has 2 aliphatic heterocycles. The molecule has 10 heteroatoms. The molecular weight excluding hydrogens is 440 g/mol. The number of amidine groups is 1.